The first-order valence-electron chi connectivity index (χ1n) is 10.6. The Morgan fingerprint density at radius 1 is 1.03 bits per heavy atom. The summed E-state index contributed by atoms with van der Waals surface area (Å²) in [6.07, 6.45) is -1.10. The molecule has 8 heteroatoms. The normalized spacial score (nSPS) is 11.7. The maximum absolute atomic E-state index is 13.2. The smallest absolute Gasteiger partial charge is 0.339 e. The first-order chi connectivity index (χ1) is 16.2. The maximum atomic E-state index is 13.2. The number of esters is 1. The van der Waals surface area contributed by atoms with Gasteiger partial charge in [-0.1, -0.05) is 42.0 Å². The molecule has 4 aromatic rings. The van der Waals surface area contributed by atoms with Gasteiger partial charge in [0.1, 0.15) is 5.00 Å². The number of nitrogens with one attached hydrogen (secondary N) is 1. The van der Waals surface area contributed by atoms with Crippen LogP contribution in [0.4, 0.5) is 5.00 Å². The molecular weight excluding hydrogens is 450 g/mol. The lowest BCUT2D eigenvalue weighted by molar-refractivity contribution is -0.123. The Labute approximate surface area is 200 Å². The topological polar surface area (TPSA) is 111 Å². The number of benzene rings is 2. The predicted octanol–water partition coefficient (Wildman–Crippen LogP) is 4.86. The standard InChI is InChI=1S/C26H23N3O4S/c1-14-8-9-17(15(2)12-14)22-13-20(18-6-4-5-7-21(18)28-22)26(32)33-16(3)24(31)29-25-19(23(27)30)10-11-34-25/h4-13,16H,1-3H3,(H2,27,30)(H,29,31). The SMILES string of the molecule is Cc1ccc(-c2cc(C(=O)OC(C)C(=O)Nc3sccc3C(N)=O)c3ccccc3n2)c(C)c1. The molecule has 0 bridgehead atoms. The monoisotopic (exact) mass is 473 g/mol. The van der Waals surface area contributed by atoms with E-state index in [1.807, 2.05) is 44.2 Å². The zero-order valence-corrected chi connectivity index (χ0v) is 19.7. The second-order valence-electron chi connectivity index (χ2n) is 7.96. The van der Waals surface area contributed by atoms with Gasteiger partial charge >= 0.3 is 5.97 Å². The molecule has 0 aliphatic carbocycles. The number of anilines is 1. The number of hydrogen-bond acceptors (Lipinski definition) is 6. The van der Waals surface area contributed by atoms with Crippen LogP contribution in [0.3, 0.4) is 0 Å². The van der Waals surface area contributed by atoms with Crippen molar-refractivity contribution in [2.75, 3.05) is 5.32 Å². The van der Waals surface area contributed by atoms with Gasteiger partial charge in [0, 0.05) is 10.9 Å². The van der Waals surface area contributed by atoms with Gasteiger partial charge in [0.2, 0.25) is 0 Å². The van der Waals surface area contributed by atoms with Crippen LogP contribution in [0.1, 0.15) is 38.8 Å². The third-order valence-electron chi connectivity index (χ3n) is 5.41. The number of carbonyl (C=O) groups is 3. The van der Waals surface area contributed by atoms with Crippen molar-refractivity contribution in [3.8, 4) is 11.3 Å². The van der Waals surface area contributed by atoms with Crippen molar-refractivity contribution in [3.63, 3.8) is 0 Å². The Balaban J connectivity index is 1.63. The van der Waals surface area contributed by atoms with Crippen LogP contribution >= 0.6 is 11.3 Å². The van der Waals surface area contributed by atoms with Crippen LogP contribution < -0.4 is 11.1 Å². The highest BCUT2D eigenvalue weighted by atomic mass is 32.1. The van der Waals surface area contributed by atoms with E-state index in [1.165, 1.54) is 13.0 Å². The van der Waals surface area contributed by atoms with E-state index >= 15 is 0 Å². The maximum Gasteiger partial charge on any atom is 0.339 e. The van der Waals surface area contributed by atoms with Crippen molar-refractivity contribution in [2.45, 2.75) is 26.9 Å². The summed E-state index contributed by atoms with van der Waals surface area (Å²) in [5.74, 6) is -1.86. The molecule has 0 spiro atoms. The van der Waals surface area contributed by atoms with Gasteiger partial charge in [-0.3, -0.25) is 9.59 Å². The summed E-state index contributed by atoms with van der Waals surface area (Å²) in [6, 6.07) is 16.5. The van der Waals surface area contributed by atoms with Crippen molar-refractivity contribution >= 4 is 45.0 Å². The molecule has 1 atom stereocenters. The van der Waals surface area contributed by atoms with Gasteiger partial charge in [0.25, 0.3) is 11.8 Å². The van der Waals surface area contributed by atoms with Gasteiger partial charge in [-0.2, -0.15) is 0 Å². The third-order valence-corrected chi connectivity index (χ3v) is 6.24. The van der Waals surface area contributed by atoms with Crippen molar-refractivity contribution in [1.82, 2.24) is 4.98 Å². The molecule has 0 saturated heterocycles. The lowest BCUT2D eigenvalue weighted by atomic mass is 9.99. The van der Waals surface area contributed by atoms with Gasteiger partial charge in [0.05, 0.1) is 22.3 Å². The van der Waals surface area contributed by atoms with Crippen molar-refractivity contribution in [1.29, 1.82) is 0 Å². The molecule has 172 valence electrons. The number of ether oxygens (including phenoxy) is 1. The van der Waals surface area contributed by atoms with Crippen molar-refractivity contribution < 1.29 is 19.1 Å². The fourth-order valence-electron chi connectivity index (χ4n) is 3.67. The second-order valence-corrected chi connectivity index (χ2v) is 8.87. The molecule has 2 amide bonds. The summed E-state index contributed by atoms with van der Waals surface area (Å²) in [5.41, 5.74) is 10.2. The number of para-hydroxylation sites is 1. The van der Waals surface area contributed by atoms with Crippen LogP contribution in [0.25, 0.3) is 22.2 Å². The Kier molecular flexibility index (Phi) is 6.43. The zero-order valence-electron chi connectivity index (χ0n) is 18.9. The minimum atomic E-state index is -1.10. The quantitative estimate of drug-likeness (QED) is 0.388. The molecule has 7 nitrogen and oxygen atoms in total. The molecule has 34 heavy (non-hydrogen) atoms. The molecule has 2 aromatic heterocycles. The molecule has 2 aromatic carbocycles. The molecule has 0 saturated carbocycles. The van der Waals surface area contributed by atoms with Gasteiger partial charge in [-0.15, -0.1) is 11.3 Å². The van der Waals surface area contributed by atoms with Crippen LogP contribution in [0.2, 0.25) is 0 Å². The third kappa shape index (κ3) is 4.67. The van der Waals surface area contributed by atoms with Crippen molar-refractivity contribution in [3.05, 3.63) is 82.2 Å². The number of nitrogens with two attached hydrogens (primary N) is 1. The van der Waals surface area contributed by atoms with E-state index < -0.39 is 23.9 Å². The number of rotatable bonds is 6. The highest BCUT2D eigenvalue weighted by molar-refractivity contribution is 7.14. The molecule has 0 fully saturated rings. The summed E-state index contributed by atoms with van der Waals surface area (Å²) in [4.78, 5) is 42.0. The molecule has 4 rings (SSSR count). The van der Waals surface area contributed by atoms with Crippen LogP contribution in [-0.2, 0) is 9.53 Å². The summed E-state index contributed by atoms with van der Waals surface area (Å²) < 4.78 is 5.51. The summed E-state index contributed by atoms with van der Waals surface area (Å²) in [7, 11) is 0. The van der Waals surface area contributed by atoms with Crippen LogP contribution in [0.15, 0.2) is 60.0 Å². The molecule has 0 aliphatic rings. The first kappa shape index (κ1) is 23.1. The molecule has 2 heterocycles. The number of carbonyl (C=O) groups excluding carboxylic acids is 3. The van der Waals surface area contributed by atoms with E-state index in [-0.39, 0.29) is 5.56 Å². The highest BCUT2D eigenvalue weighted by Crippen LogP contribution is 2.28. The van der Waals surface area contributed by atoms with E-state index in [1.54, 1.807) is 17.5 Å². The number of aryl methyl sites for hydroxylation is 2. The van der Waals surface area contributed by atoms with E-state index in [4.69, 9.17) is 15.5 Å². The number of pyridine rings is 1. The number of fused-ring (bicyclic) bond motifs is 1. The largest absolute Gasteiger partial charge is 0.449 e. The minimum absolute atomic E-state index is 0.204. The van der Waals surface area contributed by atoms with E-state index in [2.05, 4.69) is 11.4 Å². The average molecular weight is 474 g/mol. The van der Waals surface area contributed by atoms with E-state index in [0.717, 1.165) is 28.0 Å². The Hall–Kier alpha value is -4.04. The Bertz CT molecular complexity index is 1430. The molecule has 3 N–H and O–H groups in total. The van der Waals surface area contributed by atoms with Crippen LogP contribution in [0.5, 0.6) is 0 Å². The Morgan fingerprint density at radius 3 is 2.53 bits per heavy atom. The lowest BCUT2D eigenvalue weighted by Gasteiger charge is -2.15. The molecule has 1 unspecified atom stereocenters. The van der Waals surface area contributed by atoms with Crippen molar-refractivity contribution in [2.24, 2.45) is 5.73 Å². The second kappa shape index (κ2) is 9.44. The van der Waals surface area contributed by atoms with Gasteiger partial charge < -0.3 is 15.8 Å². The van der Waals surface area contributed by atoms with Gasteiger partial charge in [0.15, 0.2) is 6.10 Å². The molecule has 0 aliphatic heterocycles. The Morgan fingerprint density at radius 2 is 1.79 bits per heavy atom. The fraction of sp³-hybridized carbons (Fsp3) is 0.154. The number of aromatic nitrogens is 1. The minimum Gasteiger partial charge on any atom is -0.449 e. The van der Waals surface area contributed by atoms with Crippen LogP contribution in [0, 0.1) is 13.8 Å². The first-order valence-corrected chi connectivity index (χ1v) is 11.5. The highest BCUT2D eigenvalue weighted by Gasteiger charge is 2.23. The van der Waals surface area contributed by atoms with Gasteiger partial charge in [-0.25, -0.2) is 9.78 Å². The number of amides is 2. The average Bonchev–Trinajstić information content (AvgIpc) is 3.26. The number of thiophene rings is 1. The summed E-state index contributed by atoms with van der Waals surface area (Å²) >= 11 is 1.16. The van der Waals surface area contributed by atoms with Gasteiger partial charge in [-0.05, 0) is 49.9 Å². The lowest BCUT2D eigenvalue weighted by Crippen LogP contribution is -2.30. The fourth-order valence-corrected chi connectivity index (χ4v) is 4.47. The molecular formula is C26H23N3O4S. The summed E-state index contributed by atoms with van der Waals surface area (Å²) in [5, 5.41) is 5.19. The number of primary amides is 1. The van der Waals surface area contributed by atoms with E-state index in [0.29, 0.717) is 27.2 Å². The summed E-state index contributed by atoms with van der Waals surface area (Å²) in [6.45, 7) is 5.48. The van der Waals surface area contributed by atoms with Crippen LogP contribution in [-0.4, -0.2) is 28.9 Å². The predicted molar refractivity (Wildman–Crippen MR) is 133 cm³/mol. The zero-order chi connectivity index (χ0) is 24.4. The van der Waals surface area contributed by atoms with E-state index in [9.17, 15) is 14.4 Å². The number of hydrogen-bond donors (Lipinski definition) is 2. The molecule has 0 radical (unpaired) electrons. The number of nitrogens with zero attached hydrogens (tertiary/aromatic N) is 1.